The Morgan fingerprint density at radius 1 is 0.852 bits per heavy atom. The molecule has 0 aliphatic heterocycles. The van der Waals surface area contributed by atoms with Crippen LogP contribution in [-0.2, 0) is 26.7 Å². The molecule has 0 saturated heterocycles. The molecule has 2 aliphatic rings. The largest absolute Gasteiger partial charge is 2.00 e. The second-order valence-electron chi connectivity index (χ2n) is 5.48. The Balaban J connectivity index is 0.000000526. The quantitative estimate of drug-likeness (QED) is 0.736. The number of hydrogen-bond acceptors (Lipinski definition) is 4. The van der Waals surface area contributed by atoms with Gasteiger partial charge in [-0.05, 0) is 57.8 Å². The summed E-state index contributed by atoms with van der Waals surface area (Å²) in [5.41, 5.74) is 0. The monoisotopic (exact) mass is 407 g/mol. The molecule has 10 radical (unpaired) electrons. The Hall–Kier alpha value is -1.59. The molecule has 140 valence electrons. The Morgan fingerprint density at radius 3 is 1.70 bits per heavy atom. The van der Waals surface area contributed by atoms with Crippen LogP contribution >= 0.6 is 0 Å². The molecule has 0 unspecified atom stereocenters. The zero-order chi connectivity index (χ0) is 18.8. The Morgan fingerprint density at radius 2 is 1.30 bits per heavy atom. The normalized spacial score (nSPS) is 15.9. The predicted molar refractivity (Wildman–Crippen MR) is 100 cm³/mol. The van der Waals surface area contributed by atoms with E-state index in [1.165, 1.54) is 13.8 Å². The minimum atomic E-state index is -0.246. The molecule has 7 heteroatoms. The van der Waals surface area contributed by atoms with E-state index in [0.717, 1.165) is 5.92 Å². The molecule has 0 atom stereocenters. The van der Waals surface area contributed by atoms with Gasteiger partial charge in [0, 0.05) is 31.9 Å². The molecule has 1 aromatic heterocycles. The molecule has 2 aliphatic carbocycles. The van der Waals surface area contributed by atoms with Gasteiger partial charge in [0.2, 0.25) is 11.8 Å². The first-order valence-corrected chi connectivity index (χ1v) is 8.10. The fourth-order valence-corrected chi connectivity index (χ4v) is 2.08. The van der Waals surface area contributed by atoms with E-state index < -0.39 is 0 Å². The van der Waals surface area contributed by atoms with Crippen LogP contribution in [0.2, 0.25) is 0 Å². The van der Waals surface area contributed by atoms with Gasteiger partial charge in [-0.3, -0.25) is 9.59 Å². The molecule has 27 heavy (non-hydrogen) atoms. The van der Waals surface area contributed by atoms with Crippen LogP contribution in [0.15, 0.2) is 12.1 Å². The summed E-state index contributed by atoms with van der Waals surface area (Å²) in [5.74, 6) is 1.71. The van der Waals surface area contributed by atoms with Crippen molar-refractivity contribution < 1.29 is 31.4 Å². The number of hydrogen-bond donors (Lipinski definition) is 2. The van der Waals surface area contributed by atoms with Crippen molar-refractivity contribution in [1.82, 2.24) is 4.98 Å². The van der Waals surface area contributed by atoms with Gasteiger partial charge in [0.05, 0.1) is 6.61 Å². The van der Waals surface area contributed by atoms with E-state index in [0.29, 0.717) is 24.0 Å². The van der Waals surface area contributed by atoms with Crippen molar-refractivity contribution in [3.8, 4) is 5.75 Å². The summed E-state index contributed by atoms with van der Waals surface area (Å²) in [6, 6.07) is 3.21. The fourth-order valence-electron chi connectivity index (χ4n) is 2.08. The summed E-state index contributed by atoms with van der Waals surface area (Å²) in [7, 11) is 0. The van der Waals surface area contributed by atoms with Crippen molar-refractivity contribution in [1.29, 1.82) is 0 Å². The molecule has 2 N–H and O–H groups in total. The Bertz CT molecular complexity index is 558. The SMILES string of the molecule is CC(=O)Nc1cc(OC[C]2[CH][CH][CH][CH]2)cc(NC(C)=O)n1.[CH]1[CH][CH][CH][CH]1.[Fe+2]. The molecule has 1 aromatic rings. The first kappa shape index (κ1) is 23.4. The minimum absolute atomic E-state index is 0. The van der Waals surface area contributed by atoms with Crippen molar-refractivity contribution in [2.24, 2.45) is 0 Å². The number of amides is 2. The third kappa shape index (κ3) is 9.78. The molecule has 0 bridgehead atoms. The van der Waals surface area contributed by atoms with Gasteiger partial charge in [0.25, 0.3) is 0 Å². The maximum Gasteiger partial charge on any atom is 2.00 e. The minimum Gasteiger partial charge on any atom is -0.493 e. The smallest absolute Gasteiger partial charge is 0.493 e. The van der Waals surface area contributed by atoms with Crippen molar-refractivity contribution in [3.05, 3.63) is 75.8 Å². The second-order valence-corrected chi connectivity index (χ2v) is 5.48. The first-order valence-electron chi connectivity index (χ1n) is 8.10. The number of carbonyl (C=O) groups excluding carboxylic acids is 2. The van der Waals surface area contributed by atoms with E-state index >= 15 is 0 Å². The van der Waals surface area contributed by atoms with Crippen LogP contribution in [0, 0.1) is 63.7 Å². The van der Waals surface area contributed by atoms with Gasteiger partial charge in [-0.1, -0.05) is 0 Å². The third-order valence-corrected chi connectivity index (χ3v) is 3.10. The number of carbonyl (C=O) groups is 2. The topological polar surface area (TPSA) is 80.3 Å². The molecule has 3 rings (SSSR count). The van der Waals surface area contributed by atoms with E-state index in [1.54, 1.807) is 12.1 Å². The summed E-state index contributed by atoms with van der Waals surface area (Å²) in [6.45, 7) is 3.17. The van der Waals surface area contributed by atoms with Crippen LogP contribution in [-0.4, -0.2) is 23.4 Å². The molecule has 2 amide bonds. The van der Waals surface area contributed by atoms with E-state index in [4.69, 9.17) is 4.74 Å². The standard InChI is InChI=1S/C15H16N3O3.C5H5.Fe/c1-10(19)16-14-7-13(8-15(18-14)17-11(2)20)21-9-12-5-3-4-6-12;1-2-4-5-3-1;/h3-8H,9H2,1-2H3,(H2,16,17,18,19,20);1-5H;/q;;+2. The first-order chi connectivity index (χ1) is 12.5. The third-order valence-electron chi connectivity index (χ3n) is 3.10. The van der Waals surface area contributed by atoms with Gasteiger partial charge < -0.3 is 15.4 Å². The van der Waals surface area contributed by atoms with Crippen LogP contribution in [0.1, 0.15) is 13.8 Å². The van der Waals surface area contributed by atoms with Crippen molar-refractivity contribution in [2.75, 3.05) is 17.2 Å². The average Bonchev–Trinajstić information content (AvgIpc) is 3.28. The molecule has 2 fully saturated rings. The number of ether oxygens (including phenoxy) is 1. The summed E-state index contributed by atoms with van der Waals surface area (Å²) in [5, 5.41) is 5.14. The summed E-state index contributed by atoms with van der Waals surface area (Å²) < 4.78 is 5.65. The number of rotatable bonds is 5. The van der Waals surface area contributed by atoms with Crippen LogP contribution in [0.4, 0.5) is 11.6 Å². The molecule has 0 spiro atoms. The second kappa shape index (κ2) is 12.7. The van der Waals surface area contributed by atoms with E-state index in [-0.39, 0.29) is 28.9 Å². The zero-order valence-electron chi connectivity index (χ0n) is 15.1. The van der Waals surface area contributed by atoms with E-state index in [1.807, 2.05) is 57.8 Å². The fraction of sp³-hybridized carbons (Fsp3) is 0.150. The maximum absolute atomic E-state index is 11.1. The molecule has 2 saturated carbocycles. The molecule has 1 heterocycles. The van der Waals surface area contributed by atoms with Crippen molar-refractivity contribution in [3.63, 3.8) is 0 Å². The van der Waals surface area contributed by atoms with Gasteiger partial charge >= 0.3 is 17.1 Å². The van der Waals surface area contributed by atoms with Crippen LogP contribution in [0.5, 0.6) is 5.75 Å². The summed E-state index contributed by atoms with van der Waals surface area (Å²) >= 11 is 0. The van der Waals surface area contributed by atoms with Gasteiger partial charge in [0.1, 0.15) is 17.4 Å². The number of aromatic nitrogens is 1. The Kier molecular flexibility index (Phi) is 11.1. The van der Waals surface area contributed by atoms with Crippen LogP contribution in [0.25, 0.3) is 0 Å². The van der Waals surface area contributed by atoms with Gasteiger partial charge in [-0.15, -0.1) is 0 Å². The molecule has 6 nitrogen and oxygen atoms in total. The molecular formula is C20H21FeN3O3+2. The van der Waals surface area contributed by atoms with Gasteiger partial charge in [-0.2, -0.15) is 0 Å². The molecular weight excluding hydrogens is 386 g/mol. The van der Waals surface area contributed by atoms with Gasteiger partial charge in [0.15, 0.2) is 0 Å². The van der Waals surface area contributed by atoms with Gasteiger partial charge in [-0.25, -0.2) is 4.98 Å². The van der Waals surface area contributed by atoms with Crippen molar-refractivity contribution >= 4 is 23.5 Å². The van der Waals surface area contributed by atoms with E-state index in [9.17, 15) is 9.59 Å². The Labute approximate surface area is 172 Å². The number of pyridine rings is 1. The van der Waals surface area contributed by atoms with E-state index in [2.05, 4.69) is 15.6 Å². The number of anilines is 2. The zero-order valence-corrected chi connectivity index (χ0v) is 16.2. The number of nitrogens with zero attached hydrogens (tertiary/aromatic N) is 1. The molecule has 0 aromatic carbocycles. The maximum atomic E-state index is 11.1. The summed E-state index contributed by atoms with van der Waals surface area (Å²) in [4.78, 5) is 26.4. The van der Waals surface area contributed by atoms with Crippen LogP contribution < -0.4 is 15.4 Å². The van der Waals surface area contributed by atoms with Crippen molar-refractivity contribution in [2.45, 2.75) is 13.8 Å². The average molecular weight is 407 g/mol. The number of nitrogens with one attached hydrogen (secondary N) is 2. The predicted octanol–water partition coefficient (Wildman–Crippen LogP) is 2.80. The van der Waals surface area contributed by atoms with Crippen LogP contribution in [0.3, 0.4) is 0 Å². The summed E-state index contributed by atoms with van der Waals surface area (Å²) in [6.07, 6.45) is 17.8.